The molecule has 0 fully saturated rings. The minimum Gasteiger partial charge on any atom is -0.485 e. The molecular formula is C40H32O. The Hall–Kier alpha value is -4.62. The Balaban J connectivity index is 1.45. The maximum atomic E-state index is 6.91. The van der Waals surface area contributed by atoms with Crippen molar-refractivity contribution in [3.8, 4) is 28.0 Å². The summed E-state index contributed by atoms with van der Waals surface area (Å²) in [6.45, 7) is 4.69. The molecule has 5 aromatic rings. The lowest BCUT2D eigenvalue weighted by Gasteiger charge is -2.42. The van der Waals surface area contributed by atoms with Gasteiger partial charge in [0.2, 0.25) is 0 Å². The average molecular weight is 529 g/mol. The van der Waals surface area contributed by atoms with Gasteiger partial charge in [-0.25, -0.2) is 0 Å². The van der Waals surface area contributed by atoms with E-state index >= 15 is 0 Å². The molecule has 1 nitrogen and oxygen atoms in total. The van der Waals surface area contributed by atoms with Crippen LogP contribution in [-0.2, 0) is 10.8 Å². The van der Waals surface area contributed by atoms with Gasteiger partial charge in [-0.2, -0.15) is 0 Å². The van der Waals surface area contributed by atoms with Gasteiger partial charge in [0, 0.05) is 23.0 Å². The Morgan fingerprint density at radius 2 is 1.17 bits per heavy atom. The van der Waals surface area contributed by atoms with E-state index in [1.165, 1.54) is 55.6 Å². The van der Waals surface area contributed by atoms with Gasteiger partial charge in [0.05, 0.1) is 5.41 Å². The molecule has 2 aliphatic carbocycles. The van der Waals surface area contributed by atoms with Crippen LogP contribution >= 0.6 is 0 Å². The first kappa shape index (κ1) is 24.2. The highest BCUT2D eigenvalue weighted by molar-refractivity contribution is 5.97. The molecule has 3 aliphatic rings. The third kappa shape index (κ3) is 3.29. The SMILES string of the molecule is CC1(C)C2=CC=CCC2Oc2c(-c3cccc4c3-c3ccccc3C4(c3ccccc3)c3ccccc3)cccc21. The van der Waals surface area contributed by atoms with E-state index < -0.39 is 5.41 Å². The van der Waals surface area contributed by atoms with Gasteiger partial charge in [-0.3, -0.25) is 0 Å². The third-order valence-electron chi connectivity index (χ3n) is 9.55. The number of benzene rings is 5. The lowest BCUT2D eigenvalue weighted by Crippen LogP contribution is -2.38. The van der Waals surface area contributed by atoms with E-state index in [0.29, 0.717) is 0 Å². The number of fused-ring (bicyclic) bond motifs is 5. The molecule has 0 bridgehead atoms. The fourth-order valence-electron chi connectivity index (χ4n) is 7.71. The topological polar surface area (TPSA) is 9.23 Å². The molecule has 41 heavy (non-hydrogen) atoms. The van der Waals surface area contributed by atoms with E-state index in [1.54, 1.807) is 0 Å². The van der Waals surface area contributed by atoms with Crippen molar-refractivity contribution in [2.24, 2.45) is 0 Å². The minimum atomic E-state index is -0.413. The van der Waals surface area contributed by atoms with Gasteiger partial charge >= 0.3 is 0 Å². The van der Waals surface area contributed by atoms with Crippen LogP contribution in [0.2, 0.25) is 0 Å². The maximum absolute atomic E-state index is 6.91. The molecule has 1 heterocycles. The highest BCUT2D eigenvalue weighted by Crippen LogP contribution is 2.59. The van der Waals surface area contributed by atoms with Crippen LogP contribution in [0.4, 0.5) is 0 Å². The Bertz CT molecular complexity index is 1820. The molecule has 0 spiro atoms. The first-order valence-corrected chi connectivity index (χ1v) is 14.6. The molecule has 1 unspecified atom stereocenters. The molecule has 0 saturated carbocycles. The summed E-state index contributed by atoms with van der Waals surface area (Å²) >= 11 is 0. The smallest absolute Gasteiger partial charge is 0.132 e. The van der Waals surface area contributed by atoms with Gasteiger partial charge in [-0.05, 0) is 44.5 Å². The highest BCUT2D eigenvalue weighted by atomic mass is 16.5. The Morgan fingerprint density at radius 3 is 1.90 bits per heavy atom. The highest BCUT2D eigenvalue weighted by Gasteiger charge is 2.47. The number of ether oxygens (including phenoxy) is 1. The van der Waals surface area contributed by atoms with Crippen molar-refractivity contribution in [3.63, 3.8) is 0 Å². The van der Waals surface area contributed by atoms with Crippen LogP contribution in [-0.4, -0.2) is 6.10 Å². The summed E-state index contributed by atoms with van der Waals surface area (Å²) in [5.41, 5.74) is 12.3. The quantitative estimate of drug-likeness (QED) is 0.222. The van der Waals surface area contributed by atoms with Gasteiger partial charge in [0.1, 0.15) is 11.9 Å². The number of hydrogen-bond donors (Lipinski definition) is 0. The Labute approximate surface area is 242 Å². The summed E-state index contributed by atoms with van der Waals surface area (Å²) in [5.74, 6) is 1.03. The normalized spacial score (nSPS) is 18.8. The first-order valence-electron chi connectivity index (χ1n) is 14.6. The molecule has 0 saturated heterocycles. The largest absolute Gasteiger partial charge is 0.485 e. The molecule has 1 aliphatic heterocycles. The predicted octanol–water partition coefficient (Wildman–Crippen LogP) is 9.64. The maximum Gasteiger partial charge on any atom is 0.132 e. The van der Waals surface area contributed by atoms with Crippen LogP contribution in [0.5, 0.6) is 5.75 Å². The summed E-state index contributed by atoms with van der Waals surface area (Å²) < 4.78 is 6.91. The summed E-state index contributed by atoms with van der Waals surface area (Å²) in [5, 5.41) is 0. The molecule has 8 rings (SSSR count). The van der Waals surface area contributed by atoms with Crippen molar-refractivity contribution in [1.29, 1.82) is 0 Å². The summed E-state index contributed by atoms with van der Waals surface area (Å²) in [6, 6.07) is 44.6. The molecule has 5 aromatic carbocycles. The van der Waals surface area contributed by atoms with Crippen LogP contribution < -0.4 is 4.74 Å². The van der Waals surface area contributed by atoms with E-state index in [0.717, 1.165) is 12.2 Å². The van der Waals surface area contributed by atoms with Gasteiger partial charge in [0.15, 0.2) is 0 Å². The lowest BCUT2D eigenvalue weighted by molar-refractivity contribution is 0.197. The summed E-state index contributed by atoms with van der Waals surface area (Å²) in [7, 11) is 0. The zero-order valence-corrected chi connectivity index (χ0v) is 23.5. The van der Waals surface area contributed by atoms with Crippen LogP contribution in [0, 0.1) is 0 Å². The Kier molecular flexibility index (Phi) is 5.28. The molecular weight excluding hydrogens is 496 g/mol. The van der Waals surface area contributed by atoms with Crippen molar-refractivity contribution < 1.29 is 4.74 Å². The van der Waals surface area contributed by atoms with Crippen LogP contribution in [0.25, 0.3) is 22.3 Å². The van der Waals surface area contributed by atoms with E-state index in [2.05, 4.69) is 153 Å². The molecule has 198 valence electrons. The summed E-state index contributed by atoms with van der Waals surface area (Å²) in [4.78, 5) is 0. The molecule has 0 N–H and O–H groups in total. The van der Waals surface area contributed by atoms with E-state index in [4.69, 9.17) is 4.74 Å². The second-order valence-corrected chi connectivity index (χ2v) is 12.0. The number of para-hydroxylation sites is 1. The van der Waals surface area contributed by atoms with Crippen molar-refractivity contribution in [3.05, 3.63) is 173 Å². The molecule has 1 atom stereocenters. The van der Waals surface area contributed by atoms with Crippen molar-refractivity contribution in [1.82, 2.24) is 0 Å². The second kappa shape index (κ2) is 8.94. The monoisotopic (exact) mass is 528 g/mol. The fourth-order valence-corrected chi connectivity index (χ4v) is 7.71. The fraction of sp³-hybridized carbons (Fsp3) is 0.150. The third-order valence-corrected chi connectivity index (χ3v) is 9.55. The Morgan fingerprint density at radius 1 is 0.585 bits per heavy atom. The van der Waals surface area contributed by atoms with Crippen LogP contribution in [0.3, 0.4) is 0 Å². The molecule has 0 aromatic heterocycles. The average Bonchev–Trinajstić information content (AvgIpc) is 3.33. The molecule has 1 heteroatoms. The second-order valence-electron chi connectivity index (χ2n) is 12.0. The van der Waals surface area contributed by atoms with Gasteiger partial charge in [0.25, 0.3) is 0 Å². The molecule has 0 radical (unpaired) electrons. The number of rotatable bonds is 3. The van der Waals surface area contributed by atoms with Gasteiger partial charge in [-0.15, -0.1) is 0 Å². The number of allylic oxidation sites excluding steroid dienone is 2. The predicted molar refractivity (Wildman–Crippen MR) is 168 cm³/mol. The van der Waals surface area contributed by atoms with Crippen molar-refractivity contribution in [2.45, 2.75) is 37.2 Å². The molecule has 0 amide bonds. The lowest BCUT2D eigenvalue weighted by atomic mass is 9.67. The number of hydrogen-bond acceptors (Lipinski definition) is 1. The van der Waals surface area contributed by atoms with E-state index in [-0.39, 0.29) is 11.5 Å². The zero-order chi connectivity index (χ0) is 27.6. The van der Waals surface area contributed by atoms with Crippen molar-refractivity contribution >= 4 is 0 Å². The van der Waals surface area contributed by atoms with Gasteiger partial charge in [-0.1, -0.05) is 153 Å². The van der Waals surface area contributed by atoms with Crippen LogP contribution in [0.15, 0.2) is 145 Å². The van der Waals surface area contributed by atoms with E-state index in [1.807, 2.05) is 0 Å². The standard InChI is InChI=1S/C40H32O/c1-39(2)33-23-11-12-26-36(33)41-38-30(21-14-25-35(38)39)29-20-13-24-34-37(29)31-19-9-10-22-32(31)40(34,27-15-5-3-6-16-27)28-17-7-4-8-18-28/h3-25,36H,26H2,1-2H3. The van der Waals surface area contributed by atoms with Crippen molar-refractivity contribution in [2.75, 3.05) is 0 Å². The minimum absolute atomic E-state index is 0.0698. The first-order chi connectivity index (χ1) is 20.1. The zero-order valence-electron chi connectivity index (χ0n) is 23.5. The van der Waals surface area contributed by atoms with E-state index in [9.17, 15) is 0 Å². The van der Waals surface area contributed by atoms with Crippen LogP contribution in [0.1, 0.15) is 48.1 Å². The van der Waals surface area contributed by atoms with Gasteiger partial charge < -0.3 is 4.74 Å². The summed E-state index contributed by atoms with van der Waals surface area (Å²) in [6.07, 6.45) is 7.64.